The molecule has 1 aliphatic heterocycles. The molecule has 1 heterocycles. The molecule has 4 rings (SSSR count). The number of carbonyl (C=O) groups is 3. The fourth-order valence-corrected chi connectivity index (χ4v) is 4.65. The number of rotatable bonds is 5. The van der Waals surface area contributed by atoms with Crippen molar-refractivity contribution in [3.63, 3.8) is 0 Å². The number of nitrogens with zero attached hydrogens (tertiary/aromatic N) is 1. The van der Waals surface area contributed by atoms with Gasteiger partial charge in [0.05, 0.1) is 14.6 Å². The van der Waals surface area contributed by atoms with Crippen molar-refractivity contribution < 1.29 is 28.6 Å². The first kappa shape index (κ1) is 23.7. The van der Waals surface area contributed by atoms with Crippen LogP contribution in [0, 0.1) is 5.82 Å². The Bertz CT molecular complexity index is 1300. The summed E-state index contributed by atoms with van der Waals surface area (Å²) in [5.74, 6) is -1.52. The molecule has 10 heteroatoms. The number of hydrogen-bond acceptors (Lipinski definition) is 5. The predicted octanol–water partition coefficient (Wildman–Crippen LogP) is 5.30. The Labute approximate surface area is 210 Å². The maximum Gasteiger partial charge on any atom is 0.335 e. The largest absolute Gasteiger partial charge is 0.508 e. The van der Waals surface area contributed by atoms with E-state index in [1.165, 1.54) is 42.5 Å². The van der Waals surface area contributed by atoms with Crippen molar-refractivity contribution in [2.75, 3.05) is 4.90 Å². The van der Waals surface area contributed by atoms with Crippen LogP contribution in [0.4, 0.5) is 14.9 Å². The SMILES string of the molecule is O=C1NC(=O)N(c2ccc(O)cc2)C(=O)/C1=C/c1cc(Br)c(OCc2ccc(F)cc2)c(Br)c1. The van der Waals surface area contributed by atoms with Crippen molar-refractivity contribution in [3.05, 3.63) is 92.1 Å². The third-order valence-corrected chi connectivity index (χ3v) is 6.02. The van der Waals surface area contributed by atoms with Gasteiger partial charge in [-0.25, -0.2) is 14.1 Å². The van der Waals surface area contributed by atoms with Crippen LogP contribution in [0.2, 0.25) is 0 Å². The zero-order valence-corrected chi connectivity index (χ0v) is 20.4. The van der Waals surface area contributed by atoms with Crippen molar-refractivity contribution >= 4 is 61.5 Å². The van der Waals surface area contributed by atoms with Gasteiger partial charge in [-0.1, -0.05) is 12.1 Å². The lowest BCUT2D eigenvalue weighted by atomic mass is 10.1. The summed E-state index contributed by atoms with van der Waals surface area (Å²) in [6.45, 7) is 0.197. The van der Waals surface area contributed by atoms with Gasteiger partial charge in [0.1, 0.15) is 29.5 Å². The van der Waals surface area contributed by atoms with Crippen LogP contribution in [0.1, 0.15) is 11.1 Å². The molecule has 34 heavy (non-hydrogen) atoms. The Morgan fingerprint density at radius 2 is 1.59 bits per heavy atom. The van der Waals surface area contributed by atoms with Gasteiger partial charge in [0.15, 0.2) is 0 Å². The molecule has 1 aliphatic rings. The van der Waals surface area contributed by atoms with Crippen LogP contribution >= 0.6 is 31.9 Å². The van der Waals surface area contributed by atoms with E-state index in [1.54, 1.807) is 24.3 Å². The van der Waals surface area contributed by atoms with E-state index >= 15 is 0 Å². The van der Waals surface area contributed by atoms with Crippen molar-refractivity contribution in [2.24, 2.45) is 0 Å². The molecule has 2 N–H and O–H groups in total. The number of urea groups is 1. The molecule has 172 valence electrons. The average molecular weight is 590 g/mol. The molecule has 0 radical (unpaired) electrons. The van der Waals surface area contributed by atoms with Crippen LogP contribution in [0.5, 0.6) is 11.5 Å². The summed E-state index contributed by atoms with van der Waals surface area (Å²) in [4.78, 5) is 38.5. The van der Waals surface area contributed by atoms with Gasteiger partial charge in [0.2, 0.25) is 0 Å². The molecule has 7 nitrogen and oxygen atoms in total. The fourth-order valence-electron chi connectivity index (χ4n) is 3.20. The van der Waals surface area contributed by atoms with Gasteiger partial charge in [-0.2, -0.15) is 0 Å². The molecule has 0 atom stereocenters. The highest BCUT2D eigenvalue weighted by atomic mass is 79.9. The number of aromatic hydroxyl groups is 1. The summed E-state index contributed by atoms with van der Waals surface area (Å²) >= 11 is 6.85. The Morgan fingerprint density at radius 3 is 2.21 bits per heavy atom. The second kappa shape index (κ2) is 9.78. The van der Waals surface area contributed by atoms with Gasteiger partial charge < -0.3 is 9.84 Å². The van der Waals surface area contributed by atoms with E-state index in [4.69, 9.17) is 4.74 Å². The summed E-state index contributed by atoms with van der Waals surface area (Å²) in [6.07, 6.45) is 1.36. The maximum atomic E-state index is 13.1. The Kier molecular flexibility index (Phi) is 6.80. The van der Waals surface area contributed by atoms with Gasteiger partial charge >= 0.3 is 6.03 Å². The van der Waals surface area contributed by atoms with E-state index in [2.05, 4.69) is 37.2 Å². The highest BCUT2D eigenvalue weighted by Gasteiger charge is 2.36. The van der Waals surface area contributed by atoms with E-state index < -0.39 is 17.8 Å². The van der Waals surface area contributed by atoms with Crippen LogP contribution in [0.15, 0.2) is 75.2 Å². The second-order valence-electron chi connectivity index (χ2n) is 7.20. The van der Waals surface area contributed by atoms with Crippen LogP contribution in [0.25, 0.3) is 6.08 Å². The minimum atomic E-state index is -0.884. The number of amides is 4. The van der Waals surface area contributed by atoms with Gasteiger partial charge in [0, 0.05) is 0 Å². The van der Waals surface area contributed by atoms with E-state index in [9.17, 15) is 23.9 Å². The van der Waals surface area contributed by atoms with E-state index in [1.807, 2.05) is 0 Å². The normalized spacial score (nSPS) is 15.0. The lowest BCUT2D eigenvalue weighted by Gasteiger charge is -2.26. The number of barbiturate groups is 1. The molecule has 1 fully saturated rings. The van der Waals surface area contributed by atoms with Crippen LogP contribution < -0.4 is 15.0 Å². The minimum Gasteiger partial charge on any atom is -0.508 e. The second-order valence-corrected chi connectivity index (χ2v) is 8.91. The van der Waals surface area contributed by atoms with Gasteiger partial charge in [-0.15, -0.1) is 0 Å². The monoisotopic (exact) mass is 588 g/mol. The zero-order valence-electron chi connectivity index (χ0n) is 17.2. The number of phenols is 1. The molecule has 3 aromatic rings. The first-order valence-electron chi connectivity index (χ1n) is 9.79. The van der Waals surface area contributed by atoms with Crippen LogP contribution in [-0.2, 0) is 16.2 Å². The van der Waals surface area contributed by atoms with Crippen molar-refractivity contribution in [3.8, 4) is 11.5 Å². The Balaban J connectivity index is 1.60. The van der Waals surface area contributed by atoms with E-state index in [0.717, 1.165) is 10.5 Å². The molecule has 3 aromatic carbocycles. The average Bonchev–Trinajstić information content (AvgIpc) is 2.78. The molecular weight excluding hydrogens is 575 g/mol. The van der Waals surface area contributed by atoms with Crippen molar-refractivity contribution in [1.82, 2.24) is 5.32 Å². The topological polar surface area (TPSA) is 95.9 Å². The smallest absolute Gasteiger partial charge is 0.335 e. The Morgan fingerprint density at radius 1 is 0.971 bits per heavy atom. The van der Waals surface area contributed by atoms with Gasteiger partial charge in [-0.05, 0) is 97.6 Å². The highest BCUT2D eigenvalue weighted by Crippen LogP contribution is 2.36. The minimum absolute atomic E-state index is 0.0307. The Hall–Kier alpha value is -3.50. The standard InChI is InChI=1S/C24H15Br2FN2O5/c25-19-10-14(11-20(26)21(19)34-12-13-1-3-15(27)4-2-13)9-18-22(31)28-24(33)29(23(18)32)16-5-7-17(30)8-6-16/h1-11,30H,12H2,(H,28,31,33)/b18-9+. The summed E-state index contributed by atoms with van der Waals surface area (Å²) in [5.41, 5.74) is 1.22. The molecule has 0 unspecified atom stereocenters. The number of nitrogens with one attached hydrogen (secondary N) is 1. The molecule has 0 saturated carbocycles. The molecule has 0 bridgehead atoms. The lowest BCUT2D eigenvalue weighted by Crippen LogP contribution is -2.54. The van der Waals surface area contributed by atoms with E-state index in [0.29, 0.717) is 20.3 Å². The third-order valence-electron chi connectivity index (χ3n) is 4.84. The lowest BCUT2D eigenvalue weighted by molar-refractivity contribution is -0.122. The number of carbonyl (C=O) groups excluding carboxylic acids is 3. The third kappa shape index (κ3) is 5.02. The van der Waals surface area contributed by atoms with Crippen molar-refractivity contribution in [2.45, 2.75) is 6.61 Å². The number of anilines is 1. The highest BCUT2D eigenvalue weighted by molar-refractivity contribution is 9.11. The molecular formula is C24H15Br2FN2O5. The van der Waals surface area contributed by atoms with E-state index in [-0.39, 0.29) is 29.4 Å². The predicted molar refractivity (Wildman–Crippen MR) is 130 cm³/mol. The number of hydrogen-bond donors (Lipinski definition) is 2. The molecule has 0 aromatic heterocycles. The fraction of sp³-hybridized carbons (Fsp3) is 0.0417. The number of imide groups is 2. The van der Waals surface area contributed by atoms with Crippen LogP contribution in [0.3, 0.4) is 0 Å². The summed E-state index contributed by atoms with van der Waals surface area (Å²) in [7, 11) is 0. The van der Waals surface area contributed by atoms with Crippen molar-refractivity contribution in [1.29, 1.82) is 0 Å². The zero-order chi connectivity index (χ0) is 24.4. The summed E-state index contributed by atoms with van der Waals surface area (Å²) < 4.78 is 20.0. The number of benzene rings is 3. The number of ether oxygens (including phenoxy) is 1. The van der Waals surface area contributed by atoms with Crippen LogP contribution in [-0.4, -0.2) is 23.0 Å². The number of halogens is 3. The molecule has 4 amide bonds. The summed E-state index contributed by atoms with van der Waals surface area (Å²) in [5, 5.41) is 11.6. The number of phenolic OH excluding ortho intramolecular Hbond substituents is 1. The first-order valence-corrected chi connectivity index (χ1v) is 11.4. The summed E-state index contributed by atoms with van der Waals surface area (Å²) in [6, 6.07) is 13.8. The maximum absolute atomic E-state index is 13.1. The molecule has 1 saturated heterocycles. The van der Waals surface area contributed by atoms with Gasteiger partial charge in [-0.3, -0.25) is 14.9 Å². The van der Waals surface area contributed by atoms with Gasteiger partial charge in [0.25, 0.3) is 11.8 Å². The quantitative estimate of drug-likeness (QED) is 0.311. The molecule has 0 spiro atoms. The molecule has 0 aliphatic carbocycles. The first-order chi connectivity index (χ1) is 16.2.